The Bertz CT molecular complexity index is 1430. The summed E-state index contributed by atoms with van der Waals surface area (Å²) in [6.45, 7) is 0.519. The van der Waals surface area contributed by atoms with Crippen LogP contribution in [0.3, 0.4) is 0 Å². The van der Waals surface area contributed by atoms with E-state index in [-0.39, 0.29) is 5.91 Å². The highest BCUT2D eigenvalue weighted by molar-refractivity contribution is 6.04. The van der Waals surface area contributed by atoms with E-state index in [0.717, 1.165) is 34.4 Å². The fourth-order valence-electron chi connectivity index (χ4n) is 7.20. The number of hydrogen-bond acceptors (Lipinski definition) is 3. The number of nitrogens with one attached hydrogen (secondary N) is 2. The molecule has 7 rings (SSSR count). The molecule has 4 heteroatoms. The molecule has 190 valence electrons. The molecule has 0 unspecified atom stereocenters. The quantitative estimate of drug-likeness (QED) is 0.284. The fraction of sp³-hybridized carbons (Fsp3) is 0.265. The maximum Gasteiger partial charge on any atom is 0.255 e. The molecule has 1 amide bonds. The Labute approximate surface area is 224 Å². The van der Waals surface area contributed by atoms with Crippen LogP contribution in [0.15, 0.2) is 103 Å². The Balaban J connectivity index is 1.08. The lowest BCUT2D eigenvalue weighted by Crippen LogP contribution is -2.35. The highest BCUT2D eigenvalue weighted by atomic mass is 16.5. The standard InChI is InChI=1S/C34H32N2O2/c37-34(35-27-14-16-28(17-15-27)38-21-22-7-3-1-4-8-22)26-13-18-30-29(20-26)31-24-11-12-25(19-24)32(31)33(36-30)23-9-5-2-6-10-23/h1-10,13-18,20,24-25,31-33,36H,11-12,19,21H2,(H,35,37)/t24-,25-,31-,32+,33-/m0/s1. The topological polar surface area (TPSA) is 50.4 Å². The normalized spacial score (nSPS) is 24.7. The lowest BCUT2D eigenvalue weighted by Gasteiger charge is -2.43. The second-order valence-electron chi connectivity index (χ2n) is 11.0. The van der Waals surface area contributed by atoms with Crippen molar-refractivity contribution in [2.75, 3.05) is 10.6 Å². The van der Waals surface area contributed by atoms with Gasteiger partial charge in [-0.25, -0.2) is 0 Å². The molecule has 2 saturated carbocycles. The summed E-state index contributed by atoms with van der Waals surface area (Å²) in [6, 6.07) is 35.1. The van der Waals surface area contributed by atoms with Gasteiger partial charge in [-0.1, -0.05) is 60.7 Å². The van der Waals surface area contributed by atoms with Crippen LogP contribution in [0.1, 0.15) is 58.3 Å². The van der Waals surface area contributed by atoms with E-state index in [2.05, 4.69) is 53.1 Å². The summed E-state index contributed by atoms with van der Waals surface area (Å²) in [7, 11) is 0. The molecule has 4 aromatic rings. The number of fused-ring (bicyclic) bond motifs is 7. The van der Waals surface area contributed by atoms with Gasteiger partial charge in [0, 0.05) is 16.9 Å². The summed E-state index contributed by atoms with van der Waals surface area (Å²) >= 11 is 0. The highest BCUT2D eigenvalue weighted by Crippen LogP contribution is 2.63. The first-order chi connectivity index (χ1) is 18.7. The Morgan fingerprint density at radius 1 is 0.842 bits per heavy atom. The maximum absolute atomic E-state index is 13.3. The first-order valence-electron chi connectivity index (χ1n) is 13.8. The number of carbonyl (C=O) groups is 1. The molecule has 38 heavy (non-hydrogen) atoms. The predicted octanol–water partition coefficient (Wildman–Crippen LogP) is 7.81. The molecule has 4 aromatic carbocycles. The van der Waals surface area contributed by atoms with Gasteiger partial charge < -0.3 is 15.4 Å². The van der Waals surface area contributed by atoms with E-state index in [9.17, 15) is 4.79 Å². The smallest absolute Gasteiger partial charge is 0.255 e. The van der Waals surface area contributed by atoms with Gasteiger partial charge in [0.05, 0.1) is 6.04 Å². The van der Waals surface area contributed by atoms with Gasteiger partial charge in [-0.15, -0.1) is 0 Å². The van der Waals surface area contributed by atoms with E-state index < -0.39 is 0 Å². The average Bonchev–Trinajstić information content (AvgIpc) is 3.60. The van der Waals surface area contributed by atoms with Gasteiger partial charge in [0.1, 0.15) is 12.4 Å². The van der Waals surface area contributed by atoms with Crippen LogP contribution in [-0.2, 0) is 6.61 Å². The van der Waals surface area contributed by atoms with Crippen LogP contribution < -0.4 is 15.4 Å². The number of hydrogen-bond donors (Lipinski definition) is 2. The first kappa shape index (κ1) is 23.1. The molecule has 2 aliphatic carbocycles. The minimum atomic E-state index is -0.0735. The van der Waals surface area contributed by atoms with Gasteiger partial charge in [-0.05, 0) is 102 Å². The molecule has 5 atom stereocenters. The number of rotatable bonds is 6. The van der Waals surface area contributed by atoms with Crippen LogP contribution in [0, 0.1) is 17.8 Å². The minimum absolute atomic E-state index is 0.0735. The second kappa shape index (κ2) is 9.68. The average molecular weight is 501 g/mol. The van der Waals surface area contributed by atoms with E-state index in [4.69, 9.17) is 4.74 Å². The molecule has 4 nitrogen and oxygen atoms in total. The van der Waals surface area contributed by atoms with Crippen molar-refractivity contribution in [3.8, 4) is 5.75 Å². The van der Waals surface area contributed by atoms with Crippen molar-refractivity contribution in [2.24, 2.45) is 17.8 Å². The molecule has 2 fully saturated rings. The van der Waals surface area contributed by atoms with E-state index in [1.807, 2.05) is 60.7 Å². The summed E-state index contributed by atoms with van der Waals surface area (Å²) in [4.78, 5) is 13.3. The van der Waals surface area contributed by atoms with Crippen molar-refractivity contribution in [3.63, 3.8) is 0 Å². The molecule has 0 aromatic heterocycles. The predicted molar refractivity (Wildman–Crippen MR) is 151 cm³/mol. The molecule has 1 aliphatic heterocycles. The van der Waals surface area contributed by atoms with Gasteiger partial charge in [0.25, 0.3) is 5.91 Å². The SMILES string of the molecule is O=C(Nc1ccc(OCc2ccccc2)cc1)c1ccc2c(c1)[C@@H]1[C@H]3CC[C@@H](C3)[C@H]1[C@H](c1ccccc1)N2. The summed E-state index contributed by atoms with van der Waals surface area (Å²) in [6.07, 6.45) is 3.95. The molecule has 3 aliphatic rings. The van der Waals surface area contributed by atoms with Crippen molar-refractivity contribution in [1.29, 1.82) is 0 Å². The van der Waals surface area contributed by atoms with Crippen LogP contribution >= 0.6 is 0 Å². The van der Waals surface area contributed by atoms with Crippen molar-refractivity contribution in [2.45, 2.75) is 37.8 Å². The number of anilines is 2. The van der Waals surface area contributed by atoms with Crippen LogP contribution in [0.5, 0.6) is 5.75 Å². The van der Waals surface area contributed by atoms with E-state index >= 15 is 0 Å². The summed E-state index contributed by atoms with van der Waals surface area (Å²) < 4.78 is 5.88. The Morgan fingerprint density at radius 3 is 2.37 bits per heavy atom. The lowest BCUT2D eigenvalue weighted by molar-refractivity contribution is 0.102. The largest absolute Gasteiger partial charge is 0.489 e. The summed E-state index contributed by atoms with van der Waals surface area (Å²) in [5.41, 5.74) is 6.49. The zero-order valence-corrected chi connectivity index (χ0v) is 21.3. The second-order valence-corrected chi connectivity index (χ2v) is 11.0. The number of ether oxygens (including phenoxy) is 1. The molecular weight excluding hydrogens is 468 g/mol. The van der Waals surface area contributed by atoms with Crippen LogP contribution in [0.25, 0.3) is 0 Å². The first-order valence-corrected chi connectivity index (χ1v) is 13.8. The van der Waals surface area contributed by atoms with Gasteiger partial charge in [-0.3, -0.25) is 4.79 Å². The van der Waals surface area contributed by atoms with Gasteiger partial charge in [0.15, 0.2) is 0 Å². The van der Waals surface area contributed by atoms with Crippen LogP contribution in [0.2, 0.25) is 0 Å². The molecule has 0 radical (unpaired) electrons. The zero-order chi connectivity index (χ0) is 25.5. The van der Waals surface area contributed by atoms with Crippen molar-refractivity contribution >= 4 is 17.3 Å². The van der Waals surface area contributed by atoms with E-state index in [0.29, 0.717) is 24.5 Å². The lowest BCUT2D eigenvalue weighted by atomic mass is 9.68. The summed E-state index contributed by atoms with van der Waals surface area (Å²) in [5, 5.41) is 6.95. The number of carbonyl (C=O) groups excluding carboxylic acids is 1. The Morgan fingerprint density at radius 2 is 1.58 bits per heavy atom. The van der Waals surface area contributed by atoms with Crippen molar-refractivity contribution in [1.82, 2.24) is 0 Å². The third-order valence-corrected chi connectivity index (χ3v) is 8.87. The van der Waals surface area contributed by atoms with Gasteiger partial charge >= 0.3 is 0 Å². The highest BCUT2D eigenvalue weighted by Gasteiger charge is 2.53. The van der Waals surface area contributed by atoms with Crippen molar-refractivity contribution in [3.05, 3.63) is 125 Å². The van der Waals surface area contributed by atoms with E-state index in [1.165, 1.54) is 36.1 Å². The van der Waals surface area contributed by atoms with E-state index in [1.54, 1.807) is 0 Å². The van der Waals surface area contributed by atoms with Crippen LogP contribution in [-0.4, -0.2) is 5.91 Å². The molecule has 0 spiro atoms. The number of benzene rings is 4. The number of amides is 1. The van der Waals surface area contributed by atoms with Gasteiger partial charge in [0.2, 0.25) is 0 Å². The molecule has 2 bridgehead atoms. The summed E-state index contributed by atoms with van der Waals surface area (Å²) in [5.74, 6) is 3.29. The monoisotopic (exact) mass is 500 g/mol. The molecular formula is C34H32N2O2. The van der Waals surface area contributed by atoms with Crippen LogP contribution in [0.4, 0.5) is 11.4 Å². The maximum atomic E-state index is 13.3. The minimum Gasteiger partial charge on any atom is -0.489 e. The third-order valence-electron chi connectivity index (χ3n) is 8.87. The molecule has 0 saturated heterocycles. The third kappa shape index (κ3) is 4.24. The fourth-order valence-corrected chi connectivity index (χ4v) is 7.20. The molecule has 1 heterocycles. The zero-order valence-electron chi connectivity index (χ0n) is 21.3. The molecule has 2 N–H and O–H groups in total. The Hall–Kier alpha value is -4.05. The van der Waals surface area contributed by atoms with Gasteiger partial charge in [-0.2, -0.15) is 0 Å². The van der Waals surface area contributed by atoms with Crippen molar-refractivity contribution < 1.29 is 9.53 Å². The Kier molecular flexibility index (Phi) is 5.88.